The molecule has 0 bridgehead atoms. The normalized spacial score (nSPS) is 9.56. The van der Waals surface area contributed by atoms with E-state index < -0.39 is 0 Å². The van der Waals surface area contributed by atoms with Gasteiger partial charge in [-0.25, -0.2) is 0 Å². The Morgan fingerprint density at radius 2 is 1.94 bits per heavy atom. The van der Waals surface area contributed by atoms with Crippen LogP contribution in [0.3, 0.4) is 0 Å². The van der Waals surface area contributed by atoms with Gasteiger partial charge in [-0.15, -0.1) is 0 Å². The molecule has 0 atom stereocenters. The largest absolute Gasteiger partial charge is 0.493 e. The maximum Gasteiger partial charge on any atom is 0.161 e. The highest BCUT2D eigenvalue weighted by Crippen LogP contribution is 2.26. The van der Waals surface area contributed by atoms with Gasteiger partial charge in [0.25, 0.3) is 0 Å². The zero-order valence-electron chi connectivity index (χ0n) is 10.0. The van der Waals surface area contributed by atoms with Crippen LogP contribution in [0.1, 0.15) is 11.1 Å². The Hall–Kier alpha value is -2.47. The molecule has 2 aromatic rings. The van der Waals surface area contributed by atoms with Crippen LogP contribution in [0.25, 0.3) is 0 Å². The molecule has 0 N–H and O–H groups in total. The fourth-order valence-electron chi connectivity index (χ4n) is 1.52. The fourth-order valence-corrected chi connectivity index (χ4v) is 1.52. The Kier molecular flexibility index (Phi) is 3.83. The van der Waals surface area contributed by atoms with E-state index in [9.17, 15) is 0 Å². The molecule has 1 radical (unpaired) electrons. The van der Waals surface area contributed by atoms with Crippen LogP contribution < -0.4 is 9.47 Å². The molecule has 0 spiro atoms. The van der Waals surface area contributed by atoms with E-state index in [1.165, 1.54) is 0 Å². The summed E-state index contributed by atoms with van der Waals surface area (Å²) in [5.41, 5.74) is 1.65. The second kappa shape index (κ2) is 5.74. The topological polar surface area (TPSA) is 42.2 Å². The zero-order chi connectivity index (χ0) is 12.8. The summed E-state index contributed by atoms with van der Waals surface area (Å²) in [5.74, 6) is 1.34. The van der Waals surface area contributed by atoms with Crippen LogP contribution in [0.15, 0.2) is 42.5 Å². The number of methoxy groups -OCH3 is 1. The maximum atomic E-state index is 8.70. The number of benzene rings is 2. The van der Waals surface area contributed by atoms with Crippen LogP contribution in [0.4, 0.5) is 0 Å². The number of nitrogens with zero attached hydrogens (tertiary/aromatic N) is 1. The summed E-state index contributed by atoms with van der Waals surface area (Å²) >= 11 is 0. The van der Waals surface area contributed by atoms with Crippen molar-refractivity contribution in [3.8, 4) is 17.6 Å². The molecule has 0 aliphatic rings. The van der Waals surface area contributed by atoms with E-state index >= 15 is 0 Å². The third kappa shape index (κ3) is 2.80. The molecule has 0 fully saturated rings. The molecule has 0 aliphatic carbocycles. The van der Waals surface area contributed by atoms with E-state index in [2.05, 4.69) is 12.1 Å². The van der Waals surface area contributed by atoms with Crippen molar-refractivity contribution in [1.29, 1.82) is 5.26 Å². The Balaban J connectivity index is 2.04. The van der Waals surface area contributed by atoms with Gasteiger partial charge in [0, 0.05) is 0 Å². The van der Waals surface area contributed by atoms with Crippen molar-refractivity contribution in [2.75, 3.05) is 7.11 Å². The van der Waals surface area contributed by atoms with Gasteiger partial charge in [0.1, 0.15) is 6.61 Å². The van der Waals surface area contributed by atoms with Crippen molar-refractivity contribution < 1.29 is 9.47 Å². The lowest BCUT2D eigenvalue weighted by atomic mass is 10.1. The van der Waals surface area contributed by atoms with Crippen molar-refractivity contribution in [1.82, 2.24) is 0 Å². The van der Waals surface area contributed by atoms with Gasteiger partial charge < -0.3 is 9.47 Å². The van der Waals surface area contributed by atoms with Crippen LogP contribution >= 0.6 is 0 Å². The van der Waals surface area contributed by atoms with Crippen LogP contribution in [-0.4, -0.2) is 7.11 Å². The summed E-state index contributed by atoms with van der Waals surface area (Å²) in [5, 5.41) is 8.70. The van der Waals surface area contributed by atoms with Crippen LogP contribution in [-0.2, 0) is 6.61 Å². The maximum absolute atomic E-state index is 8.70. The van der Waals surface area contributed by atoms with Gasteiger partial charge in [0.15, 0.2) is 11.5 Å². The fraction of sp³-hybridized carbons (Fsp3) is 0.133. The summed E-state index contributed by atoms with van der Waals surface area (Å²) < 4.78 is 10.8. The molecule has 0 saturated heterocycles. The van der Waals surface area contributed by atoms with Gasteiger partial charge in [-0.05, 0) is 35.9 Å². The van der Waals surface area contributed by atoms with Gasteiger partial charge in [0.05, 0.1) is 18.7 Å². The molecule has 2 rings (SSSR count). The SMILES string of the molecule is COc1c[c]ccc1OCc1ccc(C#N)cc1. The second-order valence-corrected chi connectivity index (χ2v) is 3.67. The molecule has 2 aromatic carbocycles. The van der Waals surface area contributed by atoms with E-state index in [-0.39, 0.29) is 0 Å². The summed E-state index contributed by atoms with van der Waals surface area (Å²) in [7, 11) is 1.59. The highest BCUT2D eigenvalue weighted by atomic mass is 16.5. The van der Waals surface area contributed by atoms with E-state index in [1.807, 2.05) is 18.2 Å². The molecule has 3 heteroatoms. The average Bonchev–Trinajstić information content (AvgIpc) is 2.46. The molecule has 3 nitrogen and oxygen atoms in total. The summed E-state index contributed by atoms with van der Waals surface area (Å²) in [6, 6.07) is 17.6. The smallest absolute Gasteiger partial charge is 0.161 e. The quantitative estimate of drug-likeness (QED) is 0.822. The number of hydrogen-bond donors (Lipinski definition) is 0. The van der Waals surface area contributed by atoms with Gasteiger partial charge in [-0.2, -0.15) is 5.26 Å². The van der Waals surface area contributed by atoms with Gasteiger partial charge in [-0.1, -0.05) is 18.2 Å². The minimum atomic E-state index is 0.437. The van der Waals surface area contributed by atoms with Gasteiger partial charge in [0.2, 0.25) is 0 Å². The van der Waals surface area contributed by atoms with E-state index in [4.69, 9.17) is 14.7 Å². The van der Waals surface area contributed by atoms with Crippen molar-refractivity contribution in [2.24, 2.45) is 0 Å². The Bertz CT molecular complexity index is 555. The minimum Gasteiger partial charge on any atom is -0.493 e. The first-order chi connectivity index (χ1) is 8.83. The summed E-state index contributed by atoms with van der Waals surface area (Å²) in [4.78, 5) is 0. The Labute approximate surface area is 106 Å². The first-order valence-corrected chi connectivity index (χ1v) is 5.49. The van der Waals surface area contributed by atoms with Crippen molar-refractivity contribution in [3.05, 3.63) is 59.7 Å². The lowest BCUT2D eigenvalue weighted by molar-refractivity contribution is 0.284. The standard InChI is InChI=1S/C15H12NO2/c1-17-14-4-2-3-5-15(14)18-11-13-8-6-12(10-16)7-9-13/h3-9H,11H2,1H3. The molecular weight excluding hydrogens is 226 g/mol. The van der Waals surface area contributed by atoms with Crippen LogP contribution in [0, 0.1) is 17.4 Å². The first-order valence-electron chi connectivity index (χ1n) is 5.49. The molecule has 0 aromatic heterocycles. The molecular formula is C15H12NO2. The molecule has 0 aliphatic heterocycles. The Morgan fingerprint density at radius 3 is 2.61 bits per heavy atom. The van der Waals surface area contributed by atoms with Gasteiger partial charge in [-0.3, -0.25) is 0 Å². The zero-order valence-corrected chi connectivity index (χ0v) is 10.0. The average molecular weight is 238 g/mol. The number of nitriles is 1. The van der Waals surface area contributed by atoms with Gasteiger partial charge >= 0.3 is 0 Å². The Morgan fingerprint density at radius 1 is 1.17 bits per heavy atom. The monoisotopic (exact) mass is 238 g/mol. The minimum absolute atomic E-state index is 0.437. The van der Waals surface area contributed by atoms with E-state index in [1.54, 1.807) is 31.4 Å². The number of ether oxygens (including phenoxy) is 2. The highest BCUT2D eigenvalue weighted by molar-refractivity contribution is 5.39. The highest BCUT2D eigenvalue weighted by Gasteiger charge is 2.02. The lowest BCUT2D eigenvalue weighted by Gasteiger charge is -2.10. The van der Waals surface area contributed by atoms with E-state index in [0.29, 0.717) is 23.7 Å². The van der Waals surface area contributed by atoms with E-state index in [0.717, 1.165) is 5.56 Å². The number of hydrogen-bond acceptors (Lipinski definition) is 3. The first kappa shape index (κ1) is 12.0. The summed E-state index contributed by atoms with van der Waals surface area (Å²) in [6.07, 6.45) is 0. The van der Waals surface area contributed by atoms with Crippen LogP contribution in [0.2, 0.25) is 0 Å². The molecule has 0 heterocycles. The number of rotatable bonds is 4. The van der Waals surface area contributed by atoms with Crippen molar-refractivity contribution in [3.63, 3.8) is 0 Å². The third-order valence-electron chi connectivity index (χ3n) is 2.49. The molecule has 0 saturated carbocycles. The lowest BCUT2D eigenvalue weighted by Crippen LogP contribution is -1.97. The second-order valence-electron chi connectivity index (χ2n) is 3.67. The van der Waals surface area contributed by atoms with Crippen molar-refractivity contribution >= 4 is 0 Å². The predicted molar refractivity (Wildman–Crippen MR) is 67.3 cm³/mol. The molecule has 18 heavy (non-hydrogen) atoms. The van der Waals surface area contributed by atoms with Crippen LogP contribution in [0.5, 0.6) is 11.5 Å². The predicted octanol–water partition coefficient (Wildman–Crippen LogP) is 2.95. The third-order valence-corrected chi connectivity index (χ3v) is 2.49. The molecule has 0 unspecified atom stereocenters. The molecule has 89 valence electrons. The van der Waals surface area contributed by atoms with Crippen molar-refractivity contribution in [2.45, 2.75) is 6.61 Å². The molecule has 0 amide bonds. The summed E-state index contributed by atoms with van der Waals surface area (Å²) in [6.45, 7) is 0.437.